The van der Waals surface area contributed by atoms with E-state index in [1.807, 2.05) is 0 Å². The summed E-state index contributed by atoms with van der Waals surface area (Å²) < 4.78 is 31.8. The lowest BCUT2D eigenvalue weighted by Crippen LogP contribution is -2.33. The average molecular weight is 273 g/mol. The van der Waals surface area contributed by atoms with Gasteiger partial charge in [0, 0.05) is 6.04 Å². The molecule has 5 nitrogen and oxygen atoms in total. The fraction of sp³-hybridized carbons (Fsp3) is 0.667. The minimum absolute atomic E-state index is 0.0346. The van der Waals surface area contributed by atoms with Gasteiger partial charge in [-0.25, -0.2) is 13.1 Å². The first-order chi connectivity index (χ1) is 8.32. The van der Waals surface area contributed by atoms with Crippen LogP contribution in [0.3, 0.4) is 0 Å². The smallest absolute Gasteiger partial charge is 0.274 e. The van der Waals surface area contributed by atoms with Gasteiger partial charge in [0.1, 0.15) is 12.4 Å². The summed E-state index contributed by atoms with van der Waals surface area (Å²) in [6, 6.07) is 2.80. The normalized spacial score (nSPS) is 23.4. The molecule has 18 heavy (non-hydrogen) atoms. The molecule has 0 radical (unpaired) electrons. The number of hydrogen-bond donors (Lipinski definition) is 2. The van der Waals surface area contributed by atoms with Crippen LogP contribution in [0.15, 0.2) is 21.6 Å². The van der Waals surface area contributed by atoms with Crippen molar-refractivity contribution in [2.75, 3.05) is 0 Å². The largest absolute Gasteiger partial charge is 0.446 e. The summed E-state index contributed by atoms with van der Waals surface area (Å²) in [4.78, 5) is 0. The maximum absolute atomic E-state index is 12.0. The van der Waals surface area contributed by atoms with Crippen LogP contribution in [0.1, 0.15) is 38.9 Å². The summed E-state index contributed by atoms with van der Waals surface area (Å²) in [6.45, 7) is 3.97. The first-order valence-corrected chi connectivity index (χ1v) is 7.53. The lowest BCUT2D eigenvalue weighted by Gasteiger charge is -2.17. The van der Waals surface area contributed by atoms with Gasteiger partial charge in [-0.1, -0.05) is 13.8 Å². The van der Waals surface area contributed by atoms with E-state index < -0.39 is 10.0 Å². The molecule has 1 aliphatic rings. The van der Waals surface area contributed by atoms with Crippen molar-refractivity contribution in [1.29, 1.82) is 0 Å². The third-order valence-corrected chi connectivity index (χ3v) is 4.74. The topological polar surface area (TPSA) is 79.5 Å². The van der Waals surface area contributed by atoms with Crippen LogP contribution in [-0.4, -0.2) is 19.6 Å². The molecule has 0 bridgehead atoms. The zero-order valence-electron chi connectivity index (χ0n) is 10.6. The van der Waals surface area contributed by atoms with Crippen molar-refractivity contribution in [3.63, 3.8) is 0 Å². The highest BCUT2D eigenvalue weighted by molar-refractivity contribution is 7.89. The van der Waals surface area contributed by atoms with Gasteiger partial charge in [-0.3, -0.25) is 0 Å². The lowest BCUT2D eigenvalue weighted by molar-refractivity contribution is 0.236. The van der Waals surface area contributed by atoms with Crippen molar-refractivity contribution in [3.8, 4) is 0 Å². The Hall–Kier alpha value is -0.850. The van der Waals surface area contributed by atoms with E-state index in [9.17, 15) is 8.42 Å². The monoisotopic (exact) mass is 273 g/mol. The Morgan fingerprint density at radius 1 is 1.50 bits per heavy atom. The van der Waals surface area contributed by atoms with Crippen molar-refractivity contribution in [3.05, 3.63) is 17.9 Å². The molecule has 102 valence electrons. The second-order valence-corrected chi connectivity index (χ2v) is 7.25. The summed E-state index contributed by atoms with van der Waals surface area (Å²) in [5.74, 6) is 0.252. The van der Waals surface area contributed by atoms with E-state index in [0.717, 1.165) is 19.3 Å². The second-order valence-electron chi connectivity index (χ2n) is 5.60. The van der Waals surface area contributed by atoms with Crippen LogP contribution in [0.2, 0.25) is 0 Å². The van der Waals surface area contributed by atoms with Gasteiger partial charge >= 0.3 is 0 Å². The molecule has 1 aliphatic carbocycles. The first kappa shape index (κ1) is 13.6. The molecular weight excluding hydrogens is 254 g/mol. The summed E-state index contributed by atoms with van der Waals surface area (Å²) in [7, 11) is -3.61. The van der Waals surface area contributed by atoms with E-state index in [2.05, 4.69) is 18.6 Å². The minimum atomic E-state index is -3.61. The van der Waals surface area contributed by atoms with Crippen molar-refractivity contribution in [1.82, 2.24) is 4.72 Å². The number of nitrogens with one attached hydrogen (secondary N) is 1. The van der Waals surface area contributed by atoms with Crippen LogP contribution in [0.25, 0.3) is 0 Å². The molecule has 2 N–H and O–H groups in total. The predicted octanol–water partition coefficient (Wildman–Crippen LogP) is 1.63. The maximum Gasteiger partial charge on any atom is 0.274 e. The van der Waals surface area contributed by atoms with E-state index in [0.29, 0.717) is 0 Å². The fourth-order valence-corrected chi connectivity index (χ4v) is 3.62. The van der Waals surface area contributed by atoms with Crippen LogP contribution in [0, 0.1) is 5.41 Å². The van der Waals surface area contributed by atoms with Crippen molar-refractivity contribution in [2.24, 2.45) is 5.41 Å². The van der Waals surface area contributed by atoms with E-state index >= 15 is 0 Å². The van der Waals surface area contributed by atoms with Gasteiger partial charge in [-0.2, -0.15) is 0 Å². The molecule has 1 heterocycles. The molecular formula is C12H19NO4S. The van der Waals surface area contributed by atoms with E-state index in [-0.39, 0.29) is 28.9 Å². The van der Waals surface area contributed by atoms with E-state index in [4.69, 9.17) is 9.52 Å². The Kier molecular flexibility index (Phi) is 3.53. The number of sulfonamides is 1. The van der Waals surface area contributed by atoms with Gasteiger partial charge < -0.3 is 9.52 Å². The molecule has 1 unspecified atom stereocenters. The van der Waals surface area contributed by atoms with E-state index in [1.165, 1.54) is 12.1 Å². The number of aliphatic hydroxyl groups excluding tert-OH is 1. The van der Waals surface area contributed by atoms with Gasteiger partial charge in [0.25, 0.3) is 10.0 Å². The van der Waals surface area contributed by atoms with Gasteiger partial charge in [-0.05, 0) is 36.8 Å². The molecule has 1 aromatic heterocycles. The Morgan fingerprint density at radius 3 is 2.72 bits per heavy atom. The first-order valence-electron chi connectivity index (χ1n) is 6.04. The lowest BCUT2D eigenvalue weighted by atomic mass is 9.92. The Morgan fingerprint density at radius 2 is 2.22 bits per heavy atom. The van der Waals surface area contributed by atoms with Crippen molar-refractivity contribution in [2.45, 2.75) is 50.9 Å². The Labute approximate surface area is 107 Å². The average Bonchev–Trinajstić information content (AvgIpc) is 2.84. The fourth-order valence-electron chi connectivity index (χ4n) is 2.40. The molecule has 0 saturated heterocycles. The molecule has 6 heteroatoms. The van der Waals surface area contributed by atoms with E-state index in [1.54, 1.807) is 0 Å². The quantitative estimate of drug-likeness (QED) is 0.873. The summed E-state index contributed by atoms with van der Waals surface area (Å²) >= 11 is 0. The minimum Gasteiger partial charge on any atom is -0.446 e. The van der Waals surface area contributed by atoms with Crippen LogP contribution >= 0.6 is 0 Å². The maximum atomic E-state index is 12.0. The zero-order valence-corrected chi connectivity index (χ0v) is 11.5. The number of furan rings is 1. The molecule has 1 saturated carbocycles. The molecule has 1 fully saturated rings. The molecule has 2 rings (SSSR count). The van der Waals surface area contributed by atoms with Crippen molar-refractivity contribution >= 4 is 10.0 Å². The molecule has 1 aromatic rings. The second kappa shape index (κ2) is 4.68. The van der Waals surface area contributed by atoms with Crippen LogP contribution in [0.5, 0.6) is 0 Å². The van der Waals surface area contributed by atoms with Gasteiger partial charge in [-0.15, -0.1) is 0 Å². The Bertz CT molecular complexity index is 518. The Balaban J connectivity index is 2.08. The molecule has 0 aliphatic heterocycles. The number of rotatable bonds is 4. The van der Waals surface area contributed by atoms with Crippen LogP contribution in [0.4, 0.5) is 0 Å². The SMILES string of the molecule is CC1(C)CCC(NS(=O)(=O)c2ccc(CO)o2)C1. The predicted molar refractivity (Wildman–Crippen MR) is 66.4 cm³/mol. The number of aliphatic hydroxyl groups is 1. The molecule has 0 aromatic carbocycles. The highest BCUT2D eigenvalue weighted by Gasteiger charge is 2.34. The molecule has 1 atom stereocenters. The standard InChI is InChI=1S/C12H19NO4S/c1-12(2)6-5-9(7-12)13-18(15,16)11-4-3-10(8-14)17-11/h3-4,9,13-14H,5-8H2,1-2H3. The van der Waals surface area contributed by atoms with Crippen LogP contribution in [-0.2, 0) is 16.6 Å². The highest BCUT2D eigenvalue weighted by atomic mass is 32.2. The highest BCUT2D eigenvalue weighted by Crippen LogP contribution is 2.37. The van der Waals surface area contributed by atoms with Crippen molar-refractivity contribution < 1.29 is 17.9 Å². The van der Waals surface area contributed by atoms with Gasteiger partial charge in [0.15, 0.2) is 0 Å². The molecule has 0 spiro atoms. The zero-order chi connectivity index (χ0) is 13.4. The van der Waals surface area contributed by atoms with Gasteiger partial charge in [0.2, 0.25) is 5.09 Å². The summed E-state index contributed by atoms with van der Waals surface area (Å²) in [5, 5.41) is 8.73. The third kappa shape index (κ3) is 2.93. The summed E-state index contributed by atoms with van der Waals surface area (Å²) in [6.07, 6.45) is 2.69. The third-order valence-electron chi connectivity index (χ3n) is 3.35. The summed E-state index contributed by atoms with van der Waals surface area (Å²) in [5.41, 5.74) is 0.187. The molecule has 0 amide bonds. The van der Waals surface area contributed by atoms with Crippen LogP contribution < -0.4 is 4.72 Å². The number of hydrogen-bond acceptors (Lipinski definition) is 4. The van der Waals surface area contributed by atoms with Gasteiger partial charge in [0.05, 0.1) is 0 Å².